The lowest BCUT2D eigenvalue weighted by atomic mass is 9.77. The fourth-order valence-corrected chi connectivity index (χ4v) is 3.69. The summed E-state index contributed by atoms with van der Waals surface area (Å²) in [6, 6.07) is 16.5. The SMILES string of the molecule is CC1(C)OB(C(=Cc2cccc3c(=O)cc[nH]c23)CNC(=O)OCc2ccccc2)OC1(C)C. The molecule has 1 fully saturated rings. The van der Waals surface area contributed by atoms with Crippen molar-refractivity contribution in [2.45, 2.75) is 45.5 Å². The zero-order valence-corrected chi connectivity index (χ0v) is 19.9. The largest absolute Gasteiger partial charge is 0.492 e. The number of hydrogen-bond donors (Lipinski definition) is 2. The van der Waals surface area contributed by atoms with Gasteiger partial charge in [0.25, 0.3) is 0 Å². The number of carbonyl (C=O) groups is 1. The molecule has 8 heteroatoms. The first-order valence-electron chi connectivity index (χ1n) is 11.3. The number of fused-ring (bicyclic) bond motifs is 1. The van der Waals surface area contributed by atoms with E-state index in [9.17, 15) is 9.59 Å². The Hall–Kier alpha value is -3.36. The van der Waals surface area contributed by atoms with Crippen molar-refractivity contribution >= 4 is 30.2 Å². The van der Waals surface area contributed by atoms with E-state index in [1.54, 1.807) is 12.3 Å². The molecule has 1 aromatic heterocycles. The molecule has 0 radical (unpaired) electrons. The zero-order chi connectivity index (χ0) is 24.3. The first-order chi connectivity index (χ1) is 16.2. The van der Waals surface area contributed by atoms with Gasteiger partial charge in [0.1, 0.15) is 6.61 Å². The molecule has 0 atom stereocenters. The Morgan fingerprint density at radius 3 is 2.44 bits per heavy atom. The van der Waals surface area contributed by atoms with E-state index in [1.165, 1.54) is 6.07 Å². The fraction of sp³-hybridized carbons (Fsp3) is 0.308. The van der Waals surface area contributed by atoms with Gasteiger partial charge in [-0.1, -0.05) is 48.5 Å². The van der Waals surface area contributed by atoms with Crippen LogP contribution in [0.5, 0.6) is 0 Å². The Kier molecular flexibility index (Phi) is 6.64. The summed E-state index contributed by atoms with van der Waals surface area (Å²) in [7, 11) is -0.676. The molecular formula is C26H29BN2O5. The third-order valence-electron chi connectivity index (χ3n) is 6.37. The van der Waals surface area contributed by atoms with Gasteiger partial charge in [0.15, 0.2) is 5.43 Å². The molecule has 2 heterocycles. The fourth-order valence-electron chi connectivity index (χ4n) is 3.69. The molecule has 2 aromatic carbocycles. The van der Waals surface area contributed by atoms with Crippen molar-refractivity contribution in [3.8, 4) is 0 Å². The zero-order valence-electron chi connectivity index (χ0n) is 19.9. The molecule has 4 rings (SSSR count). The van der Waals surface area contributed by atoms with Gasteiger partial charge in [0.2, 0.25) is 0 Å². The van der Waals surface area contributed by atoms with Crippen LogP contribution < -0.4 is 10.7 Å². The molecular weight excluding hydrogens is 431 g/mol. The van der Waals surface area contributed by atoms with E-state index in [1.807, 2.05) is 76.2 Å². The number of alkyl carbamates (subject to hydrolysis) is 1. The third kappa shape index (κ3) is 5.08. The highest BCUT2D eigenvalue weighted by molar-refractivity contribution is 6.56. The molecule has 2 N–H and O–H groups in total. The summed E-state index contributed by atoms with van der Waals surface area (Å²) >= 11 is 0. The van der Waals surface area contributed by atoms with Crippen LogP contribution in [0.25, 0.3) is 17.0 Å². The van der Waals surface area contributed by atoms with Gasteiger partial charge in [-0.2, -0.15) is 0 Å². The number of carbonyl (C=O) groups excluding carboxylic acids is 1. The second-order valence-electron chi connectivity index (χ2n) is 9.33. The Balaban J connectivity index is 1.59. The van der Waals surface area contributed by atoms with E-state index in [0.717, 1.165) is 11.1 Å². The number of ether oxygens (including phenoxy) is 1. The van der Waals surface area contributed by atoms with Gasteiger partial charge in [0, 0.05) is 24.2 Å². The van der Waals surface area contributed by atoms with Crippen LogP contribution in [0.3, 0.4) is 0 Å². The van der Waals surface area contributed by atoms with Crippen molar-refractivity contribution in [1.82, 2.24) is 10.3 Å². The van der Waals surface area contributed by atoms with Crippen LogP contribution in [0.2, 0.25) is 0 Å². The maximum Gasteiger partial charge on any atom is 0.492 e. The van der Waals surface area contributed by atoms with Crippen LogP contribution in [-0.4, -0.2) is 35.9 Å². The minimum atomic E-state index is -0.676. The summed E-state index contributed by atoms with van der Waals surface area (Å²) in [4.78, 5) is 27.8. The summed E-state index contributed by atoms with van der Waals surface area (Å²) in [5.41, 5.74) is 1.94. The van der Waals surface area contributed by atoms with E-state index in [4.69, 9.17) is 14.0 Å². The van der Waals surface area contributed by atoms with Gasteiger partial charge in [-0.25, -0.2) is 4.79 Å². The molecule has 34 heavy (non-hydrogen) atoms. The summed E-state index contributed by atoms with van der Waals surface area (Å²) < 4.78 is 17.8. The minimum Gasteiger partial charge on any atom is -0.445 e. The first-order valence-corrected chi connectivity index (χ1v) is 11.3. The maximum absolute atomic E-state index is 12.4. The van der Waals surface area contributed by atoms with Crippen molar-refractivity contribution in [3.05, 3.63) is 87.6 Å². The van der Waals surface area contributed by atoms with Gasteiger partial charge in [0.05, 0.1) is 16.7 Å². The number of H-pyrrole nitrogens is 1. The van der Waals surface area contributed by atoms with E-state index in [-0.39, 0.29) is 18.6 Å². The number of pyridine rings is 1. The van der Waals surface area contributed by atoms with Crippen LogP contribution in [-0.2, 0) is 20.7 Å². The van der Waals surface area contributed by atoms with Crippen LogP contribution in [0.1, 0.15) is 38.8 Å². The van der Waals surface area contributed by atoms with Crippen molar-refractivity contribution in [3.63, 3.8) is 0 Å². The highest BCUT2D eigenvalue weighted by Gasteiger charge is 2.52. The lowest BCUT2D eigenvalue weighted by Crippen LogP contribution is -2.41. The quantitative estimate of drug-likeness (QED) is 0.530. The van der Waals surface area contributed by atoms with Gasteiger partial charge in [-0.05, 0) is 50.4 Å². The molecule has 1 aliphatic heterocycles. The van der Waals surface area contributed by atoms with Crippen molar-refractivity contribution < 1.29 is 18.8 Å². The second-order valence-corrected chi connectivity index (χ2v) is 9.33. The van der Waals surface area contributed by atoms with Crippen molar-refractivity contribution in [2.24, 2.45) is 0 Å². The number of hydrogen-bond acceptors (Lipinski definition) is 5. The predicted octanol–water partition coefficient (Wildman–Crippen LogP) is 4.47. The van der Waals surface area contributed by atoms with Crippen molar-refractivity contribution in [2.75, 3.05) is 6.54 Å². The van der Waals surface area contributed by atoms with Crippen LogP contribution in [0.4, 0.5) is 4.79 Å². The van der Waals surface area contributed by atoms with Crippen LogP contribution in [0.15, 0.2) is 71.1 Å². The summed E-state index contributed by atoms with van der Waals surface area (Å²) in [6.45, 7) is 8.22. The molecule has 7 nitrogen and oxygen atoms in total. The molecule has 3 aromatic rings. The highest BCUT2D eigenvalue weighted by Crippen LogP contribution is 2.39. The van der Waals surface area contributed by atoms with Crippen molar-refractivity contribution in [1.29, 1.82) is 0 Å². The van der Waals surface area contributed by atoms with E-state index in [0.29, 0.717) is 16.4 Å². The number of para-hydroxylation sites is 1. The Bertz CT molecular complexity index is 1250. The van der Waals surface area contributed by atoms with E-state index < -0.39 is 24.4 Å². The molecule has 0 aliphatic carbocycles. The summed E-state index contributed by atoms with van der Waals surface area (Å²) in [5, 5.41) is 3.39. The molecule has 0 bridgehead atoms. The predicted molar refractivity (Wildman–Crippen MR) is 133 cm³/mol. The number of nitrogens with one attached hydrogen (secondary N) is 2. The number of aromatic amines is 1. The highest BCUT2D eigenvalue weighted by atomic mass is 16.7. The molecule has 1 aliphatic rings. The standard InChI is InChI=1S/C26H29BN2O5/c1-25(2)26(3,4)34-27(33-25)20(16-29-24(31)32-17-18-9-6-5-7-10-18)15-19-11-8-12-21-22(30)13-14-28-23(19)21/h5-15H,16-17H2,1-4H3,(H,28,30)(H,29,31). The Labute approximate surface area is 199 Å². The molecule has 1 amide bonds. The number of amides is 1. The van der Waals surface area contributed by atoms with Gasteiger partial charge in [-0.3, -0.25) is 4.79 Å². The normalized spacial score (nSPS) is 17.1. The number of benzene rings is 2. The molecule has 0 saturated carbocycles. The van der Waals surface area contributed by atoms with Gasteiger partial charge in [-0.15, -0.1) is 0 Å². The molecule has 0 spiro atoms. The van der Waals surface area contributed by atoms with Gasteiger partial charge >= 0.3 is 13.2 Å². The smallest absolute Gasteiger partial charge is 0.445 e. The molecule has 0 unspecified atom stereocenters. The monoisotopic (exact) mass is 460 g/mol. The number of rotatable bonds is 6. The molecule has 176 valence electrons. The Morgan fingerprint density at radius 1 is 1.03 bits per heavy atom. The van der Waals surface area contributed by atoms with E-state index in [2.05, 4.69) is 10.3 Å². The van der Waals surface area contributed by atoms with Crippen LogP contribution >= 0.6 is 0 Å². The number of aromatic nitrogens is 1. The first kappa shape index (κ1) is 23.8. The van der Waals surface area contributed by atoms with E-state index >= 15 is 0 Å². The molecule has 1 saturated heterocycles. The van der Waals surface area contributed by atoms with Gasteiger partial charge < -0.3 is 24.3 Å². The summed E-state index contributed by atoms with van der Waals surface area (Å²) in [6.07, 6.45) is 2.96. The van der Waals surface area contributed by atoms with Crippen LogP contribution in [0, 0.1) is 0 Å². The average molecular weight is 460 g/mol. The lowest BCUT2D eigenvalue weighted by Gasteiger charge is -2.32. The summed E-state index contributed by atoms with van der Waals surface area (Å²) in [5.74, 6) is 0. The topological polar surface area (TPSA) is 89.7 Å². The maximum atomic E-state index is 12.4. The lowest BCUT2D eigenvalue weighted by molar-refractivity contribution is 0.00578. The average Bonchev–Trinajstić information content (AvgIpc) is 3.03. The third-order valence-corrected chi connectivity index (χ3v) is 6.37. The second kappa shape index (κ2) is 9.48. The Morgan fingerprint density at radius 2 is 1.74 bits per heavy atom. The minimum absolute atomic E-state index is 0.0659.